The molecule has 3 nitrogen and oxygen atoms in total. The number of benzene rings is 2. The number of nitrogens with zero attached hydrogens (tertiary/aromatic N) is 1. The van der Waals surface area contributed by atoms with Crippen molar-refractivity contribution >= 4 is 35.6 Å². The van der Waals surface area contributed by atoms with Gasteiger partial charge in [-0.2, -0.15) is 0 Å². The lowest BCUT2D eigenvalue weighted by molar-refractivity contribution is 0.623. The highest BCUT2D eigenvalue weighted by Gasteiger charge is 2.44. The number of para-hydroxylation sites is 1. The van der Waals surface area contributed by atoms with E-state index in [1.165, 1.54) is 12.1 Å². The third kappa shape index (κ3) is 3.97. The molecule has 1 fully saturated rings. The highest BCUT2D eigenvalue weighted by atomic mass is 127. The molecule has 5 heteroatoms. The summed E-state index contributed by atoms with van der Waals surface area (Å²) in [6, 6.07) is 16.4. The van der Waals surface area contributed by atoms with Gasteiger partial charge in [0.2, 0.25) is 0 Å². The van der Waals surface area contributed by atoms with Gasteiger partial charge in [0.15, 0.2) is 5.96 Å². The summed E-state index contributed by atoms with van der Waals surface area (Å²) in [5, 5.41) is 3.07. The molecule has 3 rings (SSSR count). The van der Waals surface area contributed by atoms with E-state index < -0.39 is 0 Å². The summed E-state index contributed by atoms with van der Waals surface area (Å²) in [5.74, 6) is 0.206. The van der Waals surface area contributed by atoms with E-state index in [1.54, 1.807) is 0 Å². The number of nitrogens with one attached hydrogen (secondary N) is 1. The van der Waals surface area contributed by atoms with Crippen LogP contribution in [0.5, 0.6) is 0 Å². The van der Waals surface area contributed by atoms with E-state index in [-0.39, 0.29) is 35.2 Å². The Labute approximate surface area is 146 Å². The summed E-state index contributed by atoms with van der Waals surface area (Å²) < 4.78 is 13.0. The maximum atomic E-state index is 13.0. The number of nitrogens with two attached hydrogens (primary N) is 1. The molecular weight excluding hydrogens is 392 g/mol. The van der Waals surface area contributed by atoms with Crippen molar-refractivity contribution in [2.75, 3.05) is 11.9 Å². The molecule has 0 bridgehead atoms. The molecule has 0 radical (unpaired) electrons. The largest absolute Gasteiger partial charge is 0.370 e. The van der Waals surface area contributed by atoms with Crippen molar-refractivity contribution in [2.45, 2.75) is 18.3 Å². The third-order valence-corrected chi connectivity index (χ3v) is 3.91. The van der Waals surface area contributed by atoms with Crippen molar-refractivity contribution < 1.29 is 4.39 Å². The number of hydrogen-bond acceptors (Lipinski definition) is 1. The van der Waals surface area contributed by atoms with Crippen LogP contribution >= 0.6 is 24.0 Å². The van der Waals surface area contributed by atoms with Crippen LogP contribution in [0.1, 0.15) is 18.4 Å². The Bertz CT molecular complexity index is 637. The molecular formula is C17H19FIN3. The van der Waals surface area contributed by atoms with E-state index >= 15 is 0 Å². The topological polar surface area (TPSA) is 50.4 Å². The molecule has 3 N–H and O–H groups in total. The average Bonchev–Trinajstić information content (AvgIpc) is 3.28. The van der Waals surface area contributed by atoms with E-state index in [1.807, 2.05) is 42.5 Å². The van der Waals surface area contributed by atoms with Gasteiger partial charge in [-0.05, 0) is 42.7 Å². The molecule has 1 aliphatic rings. The van der Waals surface area contributed by atoms with Crippen molar-refractivity contribution in [3.05, 3.63) is 66.0 Å². The van der Waals surface area contributed by atoms with Gasteiger partial charge in [-0.15, -0.1) is 24.0 Å². The number of halogens is 2. The van der Waals surface area contributed by atoms with Crippen LogP contribution in [0.4, 0.5) is 10.1 Å². The van der Waals surface area contributed by atoms with Gasteiger partial charge in [0.1, 0.15) is 5.82 Å². The molecule has 0 aromatic heterocycles. The zero-order chi connectivity index (χ0) is 14.7. The Balaban J connectivity index is 0.00000176. The van der Waals surface area contributed by atoms with Crippen LogP contribution in [0.25, 0.3) is 0 Å². The molecule has 0 unspecified atom stereocenters. The normalized spacial score (nSPS) is 15.8. The van der Waals surface area contributed by atoms with Crippen molar-refractivity contribution in [3.8, 4) is 0 Å². The van der Waals surface area contributed by atoms with E-state index in [0.717, 1.165) is 24.1 Å². The fourth-order valence-electron chi connectivity index (χ4n) is 2.44. The summed E-state index contributed by atoms with van der Waals surface area (Å²) >= 11 is 0. The average molecular weight is 411 g/mol. The standard InChI is InChI=1S/C17H18FN3.HI/c18-14-8-6-13(7-9-14)17(10-11-17)12-20-16(19)21-15-4-2-1-3-5-15;/h1-9H,10-12H2,(H3,19,20,21);1H. The van der Waals surface area contributed by atoms with E-state index in [4.69, 9.17) is 5.73 Å². The first-order chi connectivity index (χ1) is 10.2. The van der Waals surface area contributed by atoms with Crippen LogP contribution in [-0.4, -0.2) is 12.5 Å². The smallest absolute Gasteiger partial charge is 0.193 e. The van der Waals surface area contributed by atoms with E-state index in [2.05, 4.69) is 10.3 Å². The number of guanidine groups is 1. The van der Waals surface area contributed by atoms with Crippen molar-refractivity contribution in [3.63, 3.8) is 0 Å². The second kappa shape index (κ2) is 7.09. The first-order valence-corrected chi connectivity index (χ1v) is 7.06. The van der Waals surface area contributed by atoms with Crippen LogP contribution in [0.15, 0.2) is 59.6 Å². The fraction of sp³-hybridized carbons (Fsp3) is 0.235. The van der Waals surface area contributed by atoms with Gasteiger partial charge >= 0.3 is 0 Å². The molecule has 0 spiro atoms. The Morgan fingerprint density at radius 2 is 1.73 bits per heavy atom. The van der Waals surface area contributed by atoms with Gasteiger partial charge in [-0.25, -0.2) is 4.39 Å². The van der Waals surface area contributed by atoms with Crippen LogP contribution in [-0.2, 0) is 5.41 Å². The first-order valence-electron chi connectivity index (χ1n) is 7.06. The molecule has 22 heavy (non-hydrogen) atoms. The van der Waals surface area contributed by atoms with Gasteiger partial charge in [-0.3, -0.25) is 4.99 Å². The maximum Gasteiger partial charge on any atom is 0.193 e. The summed E-state index contributed by atoms with van der Waals surface area (Å²) in [6.45, 7) is 0.629. The molecule has 0 saturated heterocycles. The van der Waals surface area contributed by atoms with Gasteiger partial charge in [-0.1, -0.05) is 30.3 Å². The molecule has 2 aromatic rings. The van der Waals surface area contributed by atoms with Crippen LogP contribution in [0.2, 0.25) is 0 Å². The van der Waals surface area contributed by atoms with Crippen molar-refractivity contribution in [1.29, 1.82) is 0 Å². The minimum Gasteiger partial charge on any atom is -0.370 e. The van der Waals surface area contributed by atoms with E-state index in [9.17, 15) is 4.39 Å². The first kappa shape index (κ1) is 16.7. The van der Waals surface area contributed by atoms with Gasteiger partial charge < -0.3 is 11.1 Å². The fourth-order valence-corrected chi connectivity index (χ4v) is 2.44. The van der Waals surface area contributed by atoms with Crippen LogP contribution in [0.3, 0.4) is 0 Å². The molecule has 0 amide bonds. The number of anilines is 1. The SMILES string of the molecule is I.NC(=NCC1(c2ccc(F)cc2)CC1)Nc1ccccc1. The third-order valence-electron chi connectivity index (χ3n) is 3.91. The molecule has 0 heterocycles. The second-order valence-corrected chi connectivity index (χ2v) is 5.48. The van der Waals surface area contributed by atoms with Crippen molar-refractivity contribution in [1.82, 2.24) is 0 Å². The highest BCUT2D eigenvalue weighted by Crippen LogP contribution is 2.48. The minimum absolute atomic E-state index is 0. The van der Waals surface area contributed by atoms with Crippen LogP contribution in [0, 0.1) is 5.82 Å². The molecule has 0 aliphatic heterocycles. The van der Waals surface area contributed by atoms with E-state index in [0.29, 0.717) is 12.5 Å². The predicted molar refractivity (Wildman–Crippen MR) is 99.3 cm³/mol. The predicted octanol–water partition coefficient (Wildman–Crippen LogP) is 3.90. The zero-order valence-electron chi connectivity index (χ0n) is 12.1. The summed E-state index contributed by atoms with van der Waals surface area (Å²) in [6.07, 6.45) is 2.14. The minimum atomic E-state index is -0.205. The van der Waals surface area contributed by atoms with Crippen molar-refractivity contribution in [2.24, 2.45) is 10.7 Å². The monoisotopic (exact) mass is 411 g/mol. The van der Waals surface area contributed by atoms with Gasteiger partial charge in [0, 0.05) is 11.1 Å². The Kier molecular flexibility index (Phi) is 5.39. The summed E-state index contributed by atoms with van der Waals surface area (Å²) in [5.41, 5.74) is 8.02. The molecule has 0 atom stereocenters. The van der Waals surface area contributed by atoms with Gasteiger partial charge in [0.05, 0.1) is 6.54 Å². The number of aliphatic imine (C=N–C) groups is 1. The molecule has 116 valence electrons. The number of rotatable bonds is 4. The Hall–Kier alpha value is -1.63. The Morgan fingerprint density at radius 1 is 1.09 bits per heavy atom. The molecule has 1 aliphatic carbocycles. The maximum absolute atomic E-state index is 13.0. The second-order valence-electron chi connectivity index (χ2n) is 5.48. The quantitative estimate of drug-likeness (QED) is 0.456. The lowest BCUT2D eigenvalue weighted by Crippen LogP contribution is -2.24. The molecule has 1 saturated carbocycles. The van der Waals surface area contributed by atoms with Gasteiger partial charge in [0.25, 0.3) is 0 Å². The lowest BCUT2D eigenvalue weighted by atomic mass is 9.96. The summed E-state index contributed by atoms with van der Waals surface area (Å²) in [7, 11) is 0. The summed E-state index contributed by atoms with van der Waals surface area (Å²) in [4.78, 5) is 4.44. The Morgan fingerprint density at radius 3 is 2.32 bits per heavy atom. The number of hydrogen-bond donors (Lipinski definition) is 2. The lowest BCUT2D eigenvalue weighted by Gasteiger charge is -2.14. The molecule has 2 aromatic carbocycles. The zero-order valence-corrected chi connectivity index (χ0v) is 14.5. The van der Waals surface area contributed by atoms with Crippen LogP contribution < -0.4 is 11.1 Å². The highest BCUT2D eigenvalue weighted by molar-refractivity contribution is 14.0.